The lowest BCUT2D eigenvalue weighted by Gasteiger charge is -2.42. The second kappa shape index (κ2) is 6.06. The summed E-state index contributed by atoms with van der Waals surface area (Å²) in [6.45, 7) is 9.87. The largest absolute Gasteiger partial charge is 0.369 e. The lowest BCUT2D eigenvalue weighted by atomic mass is 10.1. The zero-order valence-corrected chi connectivity index (χ0v) is 12.5. The third kappa shape index (κ3) is 2.94. The van der Waals surface area contributed by atoms with Crippen LogP contribution in [0.3, 0.4) is 0 Å². The van der Waals surface area contributed by atoms with Crippen molar-refractivity contribution in [2.75, 3.05) is 31.5 Å². The van der Waals surface area contributed by atoms with Crippen molar-refractivity contribution >= 4 is 5.82 Å². The average Bonchev–Trinajstić information content (AvgIpc) is 2.89. The van der Waals surface area contributed by atoms with E-state index in [1.54, 1.807) is 0 Å². The van der Waals surface area contributed by atoms with Crippen molar-refractivity contribution in [3.05, 3.63) is 18.1 Å². The minimum Gasteiger partial charge on any atom is -0.369 e. The zero-order valence-electron chi connectivity index (χ0n) is 12.5. The summed E-state index contributed by atoms with van der Waals surface area (Å²) in [6.07, 6.45) is 6.47. The van der Waals surface area contributed by atoms with Gasteiger partial charge in [0.2, 0.25) is 0 Å². The van der Waals surface area contributed by atoms with E-state index in [0.29, 0.717) is 6.04 Å². The van der Waals surface area contributed by atoms with Crippen LogP contribution in [-0.2, 0) is 6.54 Å². The molecule has 5 heteroatoms. The number of anilines is 1. The molecule has 0 bridgehead atoms. The molecule has 3 rings (SSSR count). The second-order valence-corrected chi connectivity index (χ2v) is 5.99. The Bertz CT molecular complexity index is 432. The molecule has 2 unspecified atom stereocenters. The highest BCUT2D eigenvalue weighted by Gasteiger charge is 2.34. The molecular weight excluding hydrogens is 250 g/mol. The Kier molecular flexibility index (Phi) is 4.17. The molecule has 0 amide bonds. The van der Waals surface area contributed by atoms with Crippen LogP contribution in [0.15, 0.2) is 12.4 Å². The van der Waals surface area contributed by atoms with E-state index in [2.05, 4.69) is 38.9 Å². The van der Waals surface area contributed by atoms with Gasteiger partial charge in [0.05, 0.1) is 18.1 Å². The highest BCUT2D eigenvalue weighted by atomic mass is 15.3. The van der Waals surface area contributed by atoms with E-state index in [4.69, 9.17) is 0 Å². The minimum absolute atomic E-state index is 0.611. The van der Waals surface area contributed by atoms with Gasteiger partial charge >= 0.3 is 0 Å². The molecule has 110 valence electrons. The van der Waals surface area contributed by atoms with Crippen molar-refractivity contribution in [3.8, 4) is 0 Å². The van der Waals surface area contributed by atoms with Gasteiger partial charge < -0.3 is 5.32 Å². The summed E-state index contributed by atoms with van der Waals surface area (Å²) in [6, 6.07) is 1.37. The summed E-state index contributed by atoms with van der Waals surface area (Å²) in [4.78, 5) is 14.2. The van der Waals surface area contributed by atoms with Gasteiger partial charge in [0.15, 0.2) is 0 Å². The van der Waals surface area contributed by atoms with Crippen molar-refractivity contribution in [1.82, 2.24) is 19.8 Å². The molecule has 0 saturated carbocycles. The molecule has 2 aliphatic heterocycles. The Labute approximate surface area is 121 Å². The molecule has 0 aromatic carbocycles. The third-order valence-electron chi connectivity index (χ3n) is 4.49. The fourth-order valence-corrected chi connectivity index (χ4v) is 3.39. The summed E-state index contributed by atoms with van der Waals surface area (Å²) < 4.78 is 0. The Morgan fingerprint density at radius 2 is 2.20 bits per heavy atom. The van der Waals surface area contributed by atoms with Crippen LogP contribution < -0.4 is 5.32 Å². The van der Waals surface area contributed by atoms with Gasteiger partial charge in [-0.05, 0) is 33.2 Å². The maximum Gasteiger partial charge on any atom is 0.144 e. The van der Waals surface area contributed by atoms with E-state index in [9.17, 15) is 0 Å². The summed E-state index contributed by atoms with van der Waals surface area (Å²) in [5.74, 6) is 0.866. The second-order valence-electron chi connectivity index (χ2n) is 5.99. The number of aromatic nitrogens is 2. The fourth-order valence-electron chi connectivity index (χ4n) is 3.39. The summed E-state index contributed by atoms with van der Waals surface area (Å²) in [5, 5.41) is 3.18. The Balaban J connectivity index is 1.61. The van der Waals surface area contributed by atoms with Crippen molar-refractivity contribution < 1.29 is 0 Å². The normalized spacial score (nSPS) is 27.5. The number of nitrogens with one attached hydrogen (secondary N) is 1. The van der Waals surface area contributed by atoms with Gasteiger partial charge in [-0.25, -0.2) is 4.98 Å². The molecule has 2 aliphatic rings. The highest BCUT2D eigenvalue weighted by molar-refractivity contribution is 5.30. The van der Waals surface area contributed by atoms with Crippen molar-refractivity contribution in [2.45, 2.75) is 45.3 Å². The SMILES string of the molecule is CCNc1cnc(CN2CC3CCCN3CC2C)cn1. The molecule has 20 heavy (non-hydrogen) atoms. The van der Waals surface area contributed by atoms with Crippen LogP contribution in [0.5, 0.6) is 0 Å². The van der Waals surface area contributed by atoms with Crippen molar-refractivity contribution in [2.24, 2.45) is 0 Å². The lowest BCUT2D eigenvalue weighted by molar-refractivity contribution is 0.0531. The van der Waals surface area contributed by atoms with Crippen LogP contribution in [-0.4, -0.2) is 58.0 Å². The van der Waals surface area contributed by atoms with Gasteiger partial charge in [-0.2, -0.15) is 0 Å². The van der Waals surface area contributed by atoms with E-state index in [0.717, 1.165) is 30.6 Å². The van der Waals surface area contributed by atoms with E-state index in [1.807, 2.05) is 12.4 Å². The van der Waals surface area contributed by atoms with Gasteiger partial charge in [-0.3, -0.25) is 14.8 Å². The number of nitrogens with zero attached hydrogens (tertiary/aromatic N) is 4. The molecular formula is C15H25N5. The predicted molar refractivity (Wildman–Crippen MR) is 80.7 cm³/mol. The zero-order chi connectivity index (χ0) is 13.9. The van der Waals surface area contributed by atoms with Crippen LogP contribution in [0, 0.1) is 0 Å². The minimum atomic E-state index is 0.611. The van der Waals surface area contributed by atoms with Gasteiger partial charge in [0.25, 0.3) is 0 Å². The van der Waals surface area contributed by atoms with E-state index in [1.165, 1.54) is 32.5 Å². The Morgan fingerprint density at radius 1 is 1.30 bits per heavy atom. The maximum atomic E-state index is 4.53. The number of rotatable bonds is 4. The average molecular weight is 275 g/mol. The smallest absolute Gasteiger partial charge is 0.144 e. The number of hydrogen-bond acceptors (Lipinski definition) is 5. The molecule has 3 heterocycles. The maximum absolute atomic E-state index is 4.53. The highest BCUT2D eigenvalue weighted by Crippen LogP contribution is 2.25. The summed E-state index contributed by atoms with van der Waals surface area (Å²) in [5.41, 5.74) is 1.07. The number of hydrogen-bond donors (Lipinski definition) is 1. The molecule has 1 aromatic heterocycles. The molecule has 0 spiro atoms. The lowest BCUT2D eigenvalue weighted by Crippen LogP contribution is -2.54. The van der Waals surface area contributed by atoms with Crippen LogP contribution in [0.25, 0.3) is 0 Å². The monoisotopic (exact) mass is 275 g/mol. The van der Waals surface area contributed by atoms with E-state index in [-0.39, 0.29) is 0 Å². The topological polar surface area (TPSA) is 44.3 Å². The number of fused-ring (bicyclic) bond motifs is 1. The molecule has 1 aromatic rings. The van der Waals surface area contributed by atoms with Crippen LogP contribution in [0.2, 0.25) is 0 Å². The van der Waals surface area contributed by atoms with Gasteiger partial charge in [0.1, 0.15) is 5.82 Å². The molecule has 1 N–H and O–H groups in total. The van der Waals surface area contributed by atoms with Gasteiger partial charge in [0, 0.05) is 38.3 Å². The molecule has 2 atom stereocenters. The molecule has 0 aliphatic carbocycles. The summed E-state index contributed by atoms with van der Waals surface area (Å²) >= 11 is 0. The quantitative estimate of drug-likeness (QED) is 0.904. The van der Waals surface area contributed by atoms with Crippen molar-refractivity contribution in [3.63, 3.8) is 0 Å². The summed E-state index contributed by atoms with van der Waals surface area (Å²) in [7, 11) is 0. The first-order valence-electron chi connectivity index (χ1n) is 7.79. The first kappa shape index (κ1) is 13.8. The first-order chi connectivity index (χ1) is 9.76. The van der Waals surface area contributed by atoms with Crippen LogP contribution in [0.4, 0.5) is 5.82 Å². The van der Waals surface area contributed by atoms with Gasteiger partial charge in [-0.15, -0.1) is 0 Å². The molecule has 0 radical (unpaired) electrons. The van der Waals surface area contributed by atoms with Crippen molar-refractivity contribution in [1.29, 1.82) is 0 Å². The molecule has 2 saturated heterocycles. The number of piperazine rings is 1. The van der Waals surface area contributed by atoms with E-state index < -0.39 is 0 Å². The van der Waals surface area contributed by atoms with Gasteiger partial charge in [-0.1, -0.05) is 0 Å². The Morgan fingerprint density at radius 3 is 2.95 bits per heavy atom. The third-order valence-corrected chi connectivity index (χ3v) is 4.49. The van der Waals surface area contributed by atoms with Crippen LogP contribution in [0.1, 0.15) is 32.4 Å². The molecule has 5 nitrogen and oxygen atoms in total. The molecule has 2 fully saturated rings. The fraction of sp³-hybridized carbons (Fsp3) is 0.733. The standard InChI is InChI=1S/C15H25N5/c1-3-16-15-8-17-13(7-18-15)10-20-11-14-5-4-6-19(14)9-12(20)2/h7-8,12,14H,3-6,9-11H2,1-2H3,(H,16,18). The van der Waals surface area contributed by atoms with E-state index >= 15 is 0 Å². The predicted octanol–water partition coefficient (Wildman–Crippen LogP) is 1.58. The Hall–Kier alpha value is -1.20. The van der Waals surface area contributed by atoms with Crippen LogP contribution >= 0.6 is 0 Å². The first-order valence-corrected chi connectivity index (χ1v) is 7.79.